The number of rotatable bonds is 4. The fourth-order valence-electron chi connectivity index (χ4n) is 1.94. The first-order valence-corrected chi connectivity index (χ1v) is 5.56. The second-order valence-corrected chi connectivity index (χ2v) is 4.92. The van der Waals surface area contributed by atoms with E-state index in [1.807, 2.05) is 45.0 Å². The van der Waals surface area contributed by atoms with E-state index in [4.69, 9.17) is 0 Å². The molecule has 0 bridgehead atoms. The zero-order valence-electron chi connectivity index (χ0n) is 10.4. The van der Waals surface area contributed by atoms with E-state index in [0.29, 0.717) is 6.54 Å². The van der Waals surface area contributed by atoms with Crippen LogP contribution in [0.4, 0.5) is 13.2 Å². The molecule has 0 atom stereocenters. The van der Waals surface area contributed by atoms with Crippen molar-refractivity contribution in [1.82, 2.24) is 5.32 Å². The minimum Gasteiger partial charge on any atom is -0.308 e. The van der Waals surface area contributed by atoms with E-state index in [2.05, 4.69) is 5.32 Å². The standard InChI is InChI=1S/C13H18F3N/c1-10-6-4-5-7-11(10)12(2,3)8-17-9-13(14,15)16/h4-7,17H,8-9H2,1-3H3. The van der Waals surface area contributed by atoms with Crippen molar-refractivity contribution in [1.29, 1.82) is 0 Å². The van der Waals surface area contributed by atoms with E-state index in [1.54, 1.807) is 0 Å². The number of halogens is 3. The highest BCUT2D eigenvalue weighted by Gasteiger charge is 2.29. The quantitative estimate of drug-likeness (QED) is 0.857. The summed E-state index contributed by atoms with van der Waals surface area (Å²) in [7, 11) is 0. The van der Waals surface area contributed by atoms with Crippen LogP contribution in [0.15, 0.2) is 24.3 Å². The lowest BCUT2D eigenvalue weighted by molar-refractivity contribution is -0.125. The molecule has 1 N–H and O–H groups in total. The second kappa shape index (κ2) is 5.08. The number of hydrogen-bond acceptors (Lipinski definition) is 1. The zero-order chi connectivity index (χ0) is 13.1. The Balaban J connectivity index is 2.66. The monoisotopic (exact) mass is 245 g/mol. The largest absolute Gasteiger partial charge is 0.401 e. The van der Waals surface area contributed by atoms with Crippen LogP contribution < -0.4 is 5.32 Å². The van der Waals surface area contributed by atoms with Crippen molar-refractivity contribution >= 4 is 0 Å². The van der Waals surface area contributed by atoms with Crippen molar-refractivity contribution in [2.45, 2.75) is 32.4 Å². The van der Waals surface area contributed by atoms with Gasteiger partial charge in [0.1, 0.15) is 0 Å². The third kappa shape index (κ3) is 4.38. The van der Waals surface area contributed by atoms with Gasteiger partial charge in [0.25, 0.3) is 0 Å². The number of alkyl halides is 3. The van der Waals surface area contributed by atoms with Gasteiger partial charge < -0.3 is 5.32 Å². The zero-order valence-corrected chi connectivity index (χ0v) is 10.4. The van der Waals surface area contributed by atoms with Crippen LogP contribution in [0.5, 0.6) is 0 Å². The molecular weight excluding hydrogens is 227 g/mol. The number of nitrogens with one attached hydrogen (secondary N) is 1. The average molecular weight is 245 g/mol. The van der Waals surface area contributed by atoms with Gasteiger partial charge in [0.2, 0.25) is 0 Å². The van der Waals surface area contributed by atoms with E-state index in [-0.39, 0.29) is 5.41 Å². The number of benzene rings is 1. The van der Waals surface area contributed by atoms with Gasteiger partial charge in [-0.1, -0.05) is 38.1 Å². The molecule has 96 valence electrons. The van der Waals surface area contributed by atoms with Crippen LogP contribution in [-0.2, 0) is 5.41 Å². The van der Waals surface area contributed by atoms with Crippen LogP contribution >= 0.6 is 0 Å². The van der Waals surface area contributed by atoms with Gasteiger partial charge in [0.05, 0.1) is 6.54 Å². The van der Waals surface area contributed by atoms with E-state index >= 15 is 0 Å². The molecule has 0 aliphatic heterocycles. The van der Waals surface area contributed by atoms with Gasteiger partial charge in [-0.25, -0.2) is 0 Å². The van der Waals surface area contributed by atoms with Gasteiger partial charge in [-0.05, 0) is 18.1 Å². The molecule has 0 aliphatic rings. The van der Waals surface area contributed by atoms with Crippen molar-refractivity contribution < 1.29 is 13.2 Å². The predicted octanol–water partition coefficient (Wildman–Crippen LogP) is 3.42. The summed E-state index contributed by atoms with van der Waals surface area (Å²) in [5.74, 6) is 0. The summed E-state index contributed by atoms with van der Waals surface area (Å²) in [6.45, 7) is 5.22. The molecule has 1 nitrogen and oxygen atoms in total. The Bertz CT molecular complexity index is 369. The predicted molar refractivity (Wildman–Crippen MR) is 63.1 cm³/mol. The SMILES string of the molecule is Cc1ccccc1C(C)(C)CNCC(F)(F)F. The summed E-state index contributed by atoms with van der Waals surface area (Å²) < 4.78 is 36.2. The van der Waals surface area contributed by atoms with Crippen molar-refractivity contribution in [2.75, 3.05) is 13.1 Å². The van der Waals surface area contributed by atoms with Crippen LogP contribution in [0, 0.1) is 6.92 Å². The maximum absolute atomic E-state index is 12.1. The van der Waals surface area contributed by atoms with E-state index < -0.39 is 12.7 Å². The smallest absolute Gasteiger partial charge is 0.308 e. The first-order valence-electron chi connectivity index (χ1n) is 5.56. The maximum Gasteiger partial charge on any atom is 0.401 e. The Morgan fingerprint density at radius 3 is 2.18 bits per heavy atom. The maximum atomic E-state index is 12.1. The van der Waals surface area contributed by atoms with Crippen LogP contribution in [-0.4, -0.2) is 19.3 Å². The van der Waals surface area contributed by atoms with Crippen LogP contribution in [0.2, 0.25) is 0 Å². The molecule has 0 saturated carbocycles. The fraction of sp³-hybridized carbons (Fsp3) is 0.538. The normalized spacial score (nSPS) is 12.8. The fourth-order valence-corrected chi connectivity index (χ4v) is 1.94. The molecule has 0 aromatic heterocycles. The van der Waals surface area contributed by atoms with Crippen LogP contribution in [0.3, 0.4) is 0 Å². The lowest BCUT2D eigenvalue weighted by atomic mass is 9.82. The molecule has 1 aromatic rings. The molecule has 0 saturated heterocycles. The molecule has 0 amide bonds. The van der Waals surface area contributed by atoms with Crippen LogP contribution in [0.25, 0.3) is 0 Å². The summed E-state index contributed by atoms with van der Waals surface area (Å²) in [5, 5.41) is 2.47. The van der Waals surface area contributed by atoms with Crippen molar-refractivity contribution in [3.63, 3.8) is 0 Å². The van der Waals surface area contributed by atoms with Gasteiger partial charge in [-0.15, -0.1) is 0 Å². The lowest BCUT2D eigenvalue weighted by Crippen LogP contribution is -2.38. The van der Waals surface area contributed by atoms with Crippen molar-refractivity contribution in [2.24, 2.45) is 0 Å². The second-order valence-electron chi connectivity index (χ2n) is 4.92. The minimum absolute atomic E-state index is 0.303. The van der Waals surface area contributed by atoms with E-state index in [9.17, 15) is 13.2 Å². The molecule has 0 aliphatic carbocycles. The molecule has 0 fully saturated rings. The molecular formula is C13H18F3N. The van der Waals surface area contributed by atoms with Gasteiger partial charge >= 0.3 is 6.18 Å². The summed E-state index contributed by atoms with van der Waals surface area (Å²) in [5.41, 5.74) is 1.87. The Morgan fingerprint density at radius 1 is 1.06 bits per heavy atom. The molecule has 17 heavy (non-hydrogen) atoms. The van der Waals surface area contributed by atoms with Crippen molar-refractivity contribution in [3.8, 4) is 0 Å². The molecule has 0 heterocycles. The first-order chi connectivity index (χ1) is 7.72. The highest BCUT2D eigenvalue weighted by Crippen LogP contribution is 2.25. The first kappa shape index (κ1) is 14.0. The molecule has 0 spiro atoms. The Labute approximate surface area is 100 Å². The summed E-state index contributed by atoms with van der Waals surface area (Å²) in [4.78, 5) is 0. The Kier molecular flexibility index (Phi) is 4.20. The molecule has 0 unspecified atom stereocenters. The summed E-state index contributed by atoms with van der Waals surface area (Å²) >= 11 is 0. The highest BCUT2D eigenvalue weighted by atomic mass is 19.4. The van der Waals surface area contributed by atoms with Gasteiger partial charge in [-0.3, -0.25) is 0 Å². The third-order valence-electron chi connectivity index (χ3n) is 2.77. The summed E-state index contributed by atoms with van der Waals surface area (Å²) in [6, 6.07) is 7.78. The van der Waals surface area contributed by atoms with Gasteiger partial charge in [-0.2, -0.15) is 13.2 Å². The third-order valence-corrected chi connectivity index (χ3v) is 2.77. The van der Waals surface area contributed by atoms with Gasteiger partial charge in [0.15, 0.2) is 0 Å². The molecule has 1 rings (SSSR count). The van der Waals surface area contributed by atoms with E-state index in [1.165, 1.54) is 0 Å². The Morgan fingerprint density at radius 2 is 1.65 bits per heavy atom. The Hall–Kier alpha value is -1.03. The lowest BCUT2D eigenvalue weighted by Gasteiger charge is -2.27. The summed E-state index contributed by atoms with van der Waals surface area (Å²) in [6.07, 6.45) is -4.15. The van der Waals surface area contributed by atoms with Crippen molar-refractivity contribution in [3.05, 3.63) is 35.4 Å². The minimum atomic E-state index is -4.15. The molecule has 0 radical (unpaired) electrons. The highest BCUT2D eigenvalue weighted by molar-refractivity contribution is 5.32. The van der Waals surface area contributed by atoms with Crippen LogP contribution in [0.1, 0.15) is 25.0 Å². The number of aryl methyl sites for hydroxylation is 1. The average Bonchev–Trinajstić information content (AvgIpc) is 2.15. The van der Waals surface area contributed by atoms with E-state index in [0.717, 1.165) is 11.1 Å². The number of hydrogen-bond donors (Lipinski definition) is 1. The topological polar surface area (TPSA) is 12.0 Å². The molecule has 4 heteroatoms. The van der Waals surface area contributed by atoms with Gasteiger partial charge in [0, 0.05) is 12.0 Å². The molecule has 1 aromatic carbocycles.